The largest absolute Gasteiger partial charge is 0.388 e. The fourth-order valence-corrected chi connectivity index (χ4v) is 2.77. The Labute approximate surface area is 118 Å². The van der Waals surface area contributed by atoms with Crippen LogP contribution in [0.4, 0.5) is 0 Å². The Kier molecular flexibility index (Phi) is 5.66. The Bertz CT molecular complexity index is 252. The Morgan fingerprint density at radius 3 is 2.50 bits per heavy atom. The first-order valence-corrected chi connectivity index (χ1v) is 6.70. The summed E-state index contributed by atoms with van der Waals surface area (Å²) in [6, 6.07) is 0. The first-order valence-electron chi connectivity index (χ1n) is 5.55. The zero-order valence-corrected chi connectivity index (χ0v) is 12.5. The predicted octanol–water partition coefficient (Wildman–Crippen LogP) is 0.883. The van der Waals surface area contributed by atoms with Gasteiger partial charge in [0, 0.05) is 24.6 Å². The van der Waals surface area contributed by atoms with E-state index in [1.807, 2.05) is 11.8 Å². The van der Waals surface area contributed by atoms with Crippen LogP contribution in [0.5, 0.6) is 0 Å². The molecule has 1 heterocycles. The third-order valence-electron chi connectivity index (χ3n) is 3.15. The molecule has 0 radical (unpaired) electrons. The van der Waals surface area contributed by atoms with Crippen molar-refractivity contribution >= 4 is 41.7 Å². The van der Waals surface area contributed by atoms with Gasteiger partial charge in [-0.1, -0.05) is 0 Å². The number of aliphatic imine (C=N–C) groups is 1. The van der Waals surface area contributed by atoms with Crippen molar-refractivity contribution in [3.8, 4) is 0 Å². The molecule has 0 spiro atoms. The van der Waals surface area contributed by atoms with Crippen LogP contribution in [0.15, 0.2) is 4.99 Å². The van der Waals surface area contributed by atoms with Crippen LogP contribution in [0.25, 0.3) is 0 Å². The van der Waals surface area contributed by atoms with Crippen LogP contribution in [0.1, 0.15) is 19.3 Å². The van der Waals surface area contributed by atoms with Gasteiger partial charge in [0.25, 0.3) is 0 Å². The van der Waals surface area contributed by atoms with E-state index in [1.54, 1.807) is 0 Å². The molecular weight excluding hydrogens is 337 g/mol. The van der Waals surface area contributed by atoms with Gasteiger partial charge in [0.1, 0.15) is 0 Å². The molecule has 0 bridgehead atoms. The van der Waals surface area contributed by atoms with Crippen LogP contribution >= 0.6 is 35.7 Å². The van der Waals surface area contributed by atoms with Gasteiger partial charge in [-0.05, 0) is 19.3 Å². The molecule has 3 N–H and O–H groups in total. The molecule has 2 fully saturated rings. The Morgan fingerprint density at radius 2 is 2.00 bits per heavy atom. The number of rotatable bonds is 2. The van der Waals surface area contributed by atoms with Crippen LogP contribution in [0.2, 0.25) is 0 Å². The number of nitrogens with two attached hydrogens (primary N) is 1. The molecule has 0 unspecified atom stereocenters. The second-order valence-corrected chi connectivity index (χ2v) is 5.58. The molecule has 1 aliphatic carbocycles. The number of nitrogens with zero attached hydrogens (tertiary/aromatic N) is 2. The molecule has 1 aliphatic heterocycles. The van der Waals surface area contributed by atoms with Gasteiger partial charge in [-0.15, -0.1) is 24.0 Å². The summed E-state index contributed by atoms with van der Waals surface area (Å²) >= 11 is 1.95. The number of aliphatic hydroxyl groups is 1. The van der Waals surface area contributed by atoms with E-state index in [4.69, 9.17) is 5.73 Å². The van der Waals surface area contributed by atoms with Gasteiger partial charge < -0.3 is 15.7 Å². The van der Waals surface area contributed by atoms with E-state index in [2.05, 4.69) is 9.89 Å². The molecule has 4 nitrogen and oxygen atoms in total. The zero-order chi connectivity index (χ0) is 10.7. The molecule has 1 saturated heterocycles. The number of hydrogen-bond acceptors (Lipinski definition) is 3. The molecule has 2 aliphatic rings. The van der Waals surface area contributed by atoms with Crippen LogP contribution < -0.4 is 5.73 Å². The number of hydrogen-bond donors (Lipinski definition) is 2. The van der Waals surface area contributed by atoms with Crippen LogP contribution in [-0.2, 0) is 0 Å². The fraction of sp³-hybridized carbons (Fsp3) is 0.900. The molecule has 6 heteroatoms. The molecule has 1 saturated carbocycles. The van der Waals surface area contributed by atoms with E-state index < -0.39 is 5.60 Å². The highest BCUT2D eigenvalue weighted by Gasteiger charge is 2.34. The standard InChI is InChI=1S/C10H19N3OS.HI/c11-9(13-4-6-15-7-5-13)12-8-10(14)2-1-3-10;/h14H,1-8H2,(H2,11,12);1H. The molecule has 16 heavy (non-hydrogen) atoms. The van der Waals surface area contributed by atoms with Crippen molar-refractivity contribution in [2.75, 3.05) is 31.1 Å². The second-order valence-electron chi connectivity index (χ2n) is 4.35. The van der Waals surface area contributed by atoms with Gasteiger partial charge in [0.15, 0.2) is 5.96 Å². The van der Waals surface area contributed by atoms with Crippen LogP contribution in [0.3, 0.4) is 0 Å². The first kappa shape index (κ1) is 14.4. The van der Waals surface area contributed by atoms with Crippen molar-refractivity contribution in [3.05, 3.63) is 0 Å². The van der Waals surface area contributed by atoms with E-state index in [0.29, 0.717) is 12.5 Å². The maximum absolute atomic E-state index is 9.87. The Morgan fingerprint density at radius 1 is 1.38 bits per heavy atom. The Balaban J connectivity index is 0.00000128. The lowest BCUT2D eigenvalue weighted by Crippen LogP contribution is -2.45. The van der Waals surface area contributed by atoms with Crippen molar-refractivity contribution in [1.82, 2.24) is 4.90 Å². The lowest BCUT2D eigenvalue weighted by atomic mass is 9.80. The fourth-order valence-electron chi connectivity index (χ4n) is 1.86. The number of guanidine groups is 1. The summed E-state index contributed by atoms with van der Waals surface area (Å²) in [6.07, 6.45) is 2.87. The lowest BCUT2D eigenvalue weighted by molar-refractivity contribution is -0.0237. The third-order valence-corrected chi connectivity index (χ3v) is 4.10. The average molecular weight is 357 g/mol. The van der Waals surface area contributed by atoms with E-state index in [0.717, 1.165) is 43.9 Å². The van der Waals surface area contributed by atoms with Crippen molar-refractivity contribution in [3.63, 3.8) is 0 Å². The molecular formula is C10H20IN3OS. The summed E-state index contributed by atoms with van der Waals surface area (Å²) in [4.78, 5) is 6.41. The van der Waals surface area contributed by atoms with E-state index >= 15 is 0 Å². The predicted molar refractivity (Wildman–Crippen MR) is 79.6 cm³/mol. The molecule has 2 rings (SSSR count). The summed E-state index contributed by atoms with van der Waals surface area (Å²) < 4.78 is 0. The smallest absolute Gasteiger partial charge is 0.191 e. The molecule has 0 aromatic rings. The highest BCUT2D eigenvalue weighted by molar-refractivity contribution is 14.0. The normalized spacial score (nSPS) is 24.6. The van der Waals surface area contributed by atoms with Gasteiger partial charge in [-0.2, -0.15) is 11.8 Å². The van der Waals surface area contributed by atoms with Gasteiger partial charge in [-0.3, -0.25) is 4.99 Å². The average Bonchev–Trinajstić information content (AvgIpc) is 2.24. The third kappa shape index (κ3) is 3.66. The zero-order valence-electron chi connectivity index (χ0n) is 9.39. The highest BCUT2D eigenvalue weighted by Crippen LogP contribution is 2.31. The van der Waals surface area contributed by atoms with E-state index in [9.17, 15) is 5.11 Å². The monoisotopic (exact) mass is 357 g/mol. The van der Waals surface area contributed by atoms with E-state index in [1.165, 1.54) is 0 Å². The molecule has 0 atom stereocenters. The van der Waals surface area contributed by atoms with Gasteiger partial charge >= 0.3 is 0 Å². The van der Waals surface area contributed by atoms with Gasteiger partial charge in [0.2, 0.25) is 0 Å². The summed E-state index contributed by atoms with van der Waals surface area (Å²) in [6.45, 7) is 2.44. The number of halogens is 1. The van der Waals surface area contributed by atoms with Crippen molar-refractivity contribution < 1.29 is 5.11 Å². The summed E-state index contributed by atoms with van der Waals surface area (Å²) in [5.74, 6) is 2.86. The minimum atomic E-state index is -0.546. The van der Waals surface area contributed by atoms with Crippen molar-refractivity contribution in [1.29, 1.82) is 0 Å². The molecule has 0 amide bonds. The summed E-state index contributed by atoms with van der Waals surface area (Å²) in [7, 11) is 0. The molecule has 0 aromatic heterocycles. The van der Waals surface area contributed by atoms with Crippen molar-refractivity contribution in [2.45, 2.75) is 24.9 Å². The molecule has 94 valence electrons. The van der Waals surface area contributed by atoms with Crippen LogP contribution in [-0.4, -0.2) is 52.7 Å². The van der Waals surface area contributed by atoms with Crippen LogP contribution in [0, 0.1) is 0 Å². The first-order chi connectivity index (χ1) is 7.20. The minimum absolute atomic E-state index is 0. The van der Waals surface area contributed by atoms with Gasteiger partial charge in [-0.25, -0.2) is 0 Å². The van der Waals surface area contributed by atoms with E-state index in [-0.39, 0.29) is 24.0 Å². The second kappa shape index (κ2) is 6.30. The highest BCUT2D eigenvalue weighted by atomic mass is 127. The topological polar surface area (TPSA) is 61.9 Å². The lowest BCUT2D eigenvalue weighted by Gasteiger charge is -2.35. The van der Waals surface area contributed by atoms with Gasteiger partial charge in [0.05, 0.1) is 12.1 Å². The summed E-state index contributed by atoms with van der Waals surface area (Å²) in [5, 5.41) is 9.87. The maximum Gasteiger partial charge on any atom is 0.191 e. The quantitative estimate of drug-likeness (QED) is 0.438. The summed E-state index contributed by atoms with van der Waals surface area (Å²) in [5.41, 5.74) is 5.34. The number of thioether (sulfide) groups is 1. The molecule has 0 aromatic carbocycles. The maximum atomic E-state index is 9.87. The Hall–Kier alpha value is 0.310. The SMILES string of the molecule is I.NC(=NCC1(O)CCC1)N1CCSCC1. The minimum Gasteiger partial charge on any atom is -0.388 e. The van der Waals surface area contributed by atoms with Crippen molar-refractivity contribution in [2.24, 2.45) is 10.7 Å².